The number of aromatic amines is 1. The number of aliphatic hydroxyl groups excluding tert-OH is 2. The van der Waals surface area contributed by atoms with Crippen molar-refractivity contribution < 1.29 is 19.3 Å². The zero-order valence-corrected chi connectivity index (χ0v) is 17.2. The van der Waals surface area contributed by atoms with E-state index < -0.39 is 35.3 Å². The summed E-state index contributed by atoms with van der Waals surface area (Å²) in [6, 6.07) is -0.783. The molecule has 1 aromatic rings. The van der Waals surface area contributed by atoms with E-state index in [9.17, 15) is 19.8 Å². The lowest BCUT2D eigenvalue weighted by Crippen LogP contribution is -2.47. The minimum Gasteiger partial charge on any atom is -0.394 e. The molecule has 4 aliphatic rings. The first kappa shape index (κ1) is 20.1. The first-order valence-corrected chi connectivity index (χ1v) is 10.6. The average molecular weight is 421 g/mol. The van der Waals surface area contributed by atoms with Gasteiger partial charge in [-0.2, -0.15) is 0 Å². The molecule has 4 atom stereocenters. The van der Waals surface area contributed by atoms with E-state index in [2.05, 4.69) is 4.98 Å². The Balaban J connectivity index is 1.62. The summed E-state index contributed by atoms with van der Waals surface area (Å²) in [5.74, 6) is -0.574. The summed E-state index contributed by atoms with van der Waals surface area (Å²) in [6.45, 7) is 2.27. The van der Waals surface area contributed by atoms with Gasteiger partial charge in [0.1, 0.15) is 11.9 Å². The van der Waals surface area contributed by atoms with E-state index in [4.69, 9.17) is 4.74 Å². The van der Waals surface area contributed by atoms with Crippen LogP contribution in [-0.2, 0) is 4.74 Å². The minimum atomic E-state index is -0.852. The molecule has 30 heavy (non-hydrogen) atoms. The second-order valence-electron chi connectivity index (χ2n) is 9.34. The molecule has 1 aliphatic heterocycles. The summed E-state index contributed by atoms with van der Waals surface area (Å²) in [5.41, 5.74) is -0.309. The molecule has 1 saturated heterocycles. The molecule has 3 fully saturated rings. The van der Waals surface area contributed by atoms with Crippen molar-refractivity contribution in [1.82, 2.24) is 14.5 Å². The van der Waals surface area contributed by atoms with Gasteiger partial charge in [0.15, 0.2) is 0 Å². The van der Waals surface area contributed by atoms with Gasteiger partial charge in [-0.3, -0.25) is 19.2 Å². The monoisotopic (exact) mass is 421 g/mol. The van der Waals surface area contributed by atoms with E-state index in [1.54, 1.807) is 11.5 Å². The van der Waals surface area contributed by atoms with Crippen LogP contribution < -0.4 is 11.2 Å². The van der Waals surface area contributed by atoms with Crippen LogP contribution in [0.3, 0.4) is 0 Å². The number of aliphatic hydroxyl groups is 2. The maximum absolute atomic E-state index is 15.7. The van der Waals surface area contributed by atoms with Gasteiger partial charge in [-0.1, -0.05) is 0 Å². The number of likely N-dealkylation sites (tertiary alicyclic amines) is 1. The fraction of sp³-hybridized carbons (Fsp3) is 0.714. The van der Waals surface area contributed by atoms with E-state index in [1.807, 2.05) is 4.90 Å². The van der Waals surface area contributed by atoms with E-state index in [1.165, 1.54) is 7.11 Å². The highest BCUT2D eigenvalue weighted by Gasteiger charge is 2.59. The van der Waals surface area contributed by atoms with Crippen LogP contribution in [0.5, 0.6) is 0 Å². The third-order valence-corrected chi connectivity index (χ3v) is 7.57. The normalized spacial score (nSPS) is 31.3. The number of ether oxygens (including phenoxy) is 1. The number of hydrogen-bond acceptors (Lipinski definition) is 6. The summed E-state index contributed by atoms with van der Waals surface area (Å²) in [5, 5.41) is 19.8. The molecule has 2 heterocycles. The molecular formula is C21H28FN3O5. The number of nitrogens with zero attached hydrogens (tertiary/aromatic N) is 2. The second-order valence-corrected chi connectivity index (χ2v) is 9.34. The number of nitrogens with one attached hydrogen (secondary N) is 1. The van der Waals surface area contributed by atoms with Gasteiger partial charge in [0, 0.05) is 32.2 Å². The van der Waals surface area contributed by atoms with Gasteiger partial charge in [0.2, 0.25) is 0 Å². The topological polar surface area (TPSA) is 108 Å². The molecular weight excluding hydrogens is 393 g/mol. The fourth-order valence-electron chi connectivity index (χ4n) is 5.71. The minimum absolute atomic E-state index is 0.00678. The molecule has 0 radical (unpaired) electrons. The molecule has 0 bridgehead atoms. The smallest absolute Gasteiger partial charge is 0.328 e. The van der Waals surface area contributed by atoms with Gasteiger partial charge < -0.3 is 14.9 Å². The number of H-pyrrole nitrogens is 1. The Bertz CT molecular complexity index is 1020. The van der Waals surface area contributed by atoms with Crippen LogP contribution in [0.2, 0.25) is 0 Å². The number of hydrogen-bond donors (Lipinski definition) is 3. The Kier molecular flexibility index (Phi) is 4.59. The largest absolute Gasteiger partial charge is 0.394 e. The van der Waals surface area contributed by atoms with Crippen LogP contribution in [0.25, 0.3) is 5.57 Å². The molecule has 3 N–H and O–H groups in total. The summed E-state index contributed by atoms with van der Waals surface area (Å²) in [6.07, 6.45) is 1.88. The van der Waals surface area contributed by atoms with E-state index in [-0.39, 0.29) is 35.1 Å². The molecule has 164 valence electrons. The second kappa shape index (κ2) is 6.85. The van der Waals surface area contributed by atoms with Gasteiger partial charge in [-0.25, -0.2) is 9.18 Å². The van der Waals surface area contributed by atoms with Crippen molar-refractivity contribution in [2.24, 2.45) is 11.3 Å². The van der Waals surface area contributed by atoms with Gasteiger partial charge in [0.05, 0.1) is 30.0 Å². The van der Waals surface area contributed by atoms with E-state index >= 15 is 4.39 Å². The standard InChI is InChI=1S/C21H28FN3O5/c1-10-14-16(25(11-3-4-11)20(29)23-19(14)28)18(30-2)17(15(10)22)24-7-12(13(27)8-26)21(9-24)5-6-21/h11-13,17-18,26-27H,3-9H2,1-2H3,(H,23,28,29). The predicted molar refractivity (Wildman–Crippen MR) is 107 cm³/mol. The number of fused-ring (bicyclic) bond motifs is 1. The van der Waals surface area contributed by atoms with Crippen molar-refractivity contribution in [3.05, 3.63) is 37.9 Å². The summed E-state index contributed by atoms with van der Waals surface area (Å²) in [4.78, 5) is 29.6. The molecule has 4 unspecified atom stereocenters. The third-order valence-electron chi connectivity index (χ3n) is 7.57. The zero-order chi connectivity index (χ0) is 21.4. The Morgan fingerprint density at radius 2 is 2.03 bits per heavy atom. The molecule has 9 heteroatoms. The van der Waals surface area contributed by atoms with Crippen molar-refractivity contribution in [3.63, 3.8) is 0 Å². The lowest BCUT2D eigenvalue weighted by Gasteiger charge is -2.38. The van der Waals surface area contributed by atoms with Crippen molar-refractivity contribution in [2.75, 3.05) is 26.8 Å². The fourth-order valence-corrected chi connectivity index (χ4v) is 5.71. The Morgan fingerprint density at radius 1 is 1.33 bits per heavy atom. The molecule has 0 aromatic carbocycles. The van der Waals surface area contributed by atoms with Crippen molar-refractivity contribution in [3.8, 4) is 0 Å². The van der Waals surface area contributed by atoms with Crippen LogP contribution >= 0.6 is 0 Å². The number of allylic oxidation sites excluding steroid dienone is 1. The van der Waals surface area contributed by atoms with E-state index in [0.717, 1.165) is 25.7 Å². The first-order chi connectivity index (χ1) is 14.3. The maximum atomic E-state index is 15.7. The van der Waals surface area contributed by atoms with Gasteiger partial charge in [-0.05, 0) is 43.6 Å². The summed E-state index contributed by atoms with van der Waals surface area (Å²) in [7, 11) is 1.47. The van der Waals surface area contributed by atoms with Gasteiger partial charge in [0.25, 0.3) is 5.56 Å². The van der Waals surface area contributed by atoms with Crippen molar-refractivity contribution >= 4 is 5.57 Å². The average Bonchev–Trinajstić information content (AvgIpc) is 3.62. The number of rotatable bonds is 5. The molecule has 2 saturated carbocycles. The lowest BCUT2D eigenvalue weighted by atomic mass is 9.88. The highest BCUT2D eigenvalue weighted by Crippen LogP contribution is 2.59. The summed E-state index contributed by atoms with van der Waals surface area (Å²) < 4.78 is 23.1. The highest BCUT2D eigenvalue weighted by atomic mass is 19.1. The molecule has 3 aliphatic carbocycles. The molecule has 1 spiro atoms. The van der Waals surface area contributed by atoms with Crippen LogP contribution in [0.4, 0.5) is 4.39 Å². The Labute approximate surface area is 173 Å². The van der Waals surface area contributed by atoms with Crippen LogP contribution in [0.15, 0.2) is 15.4 Å². The first-order valence-electron chi connectivity index (χ1n) is 10.6. The quantitative estimate of drug-likeness (QED) is 0.646. The molecule has 0 amide bonds. The molecule has 1 aromatic heterocycles. The van der Waals surface area contributed by atoms with Crippen molar-refractivity contribution in [2.45, 2.75) is 56.9 Å². The third kappa shape index (κ3) is 2.79. The van der Waals surface area contributed by atoms with Crippen LogP contribution in [0.1, 0.15) is 56.0 Å². The highest BCUT2D eigenvalue weighted by molar-refractivity contribution is 5.70. The van der Waals surface area contributed by atoms with E-state index in [0.29, 0.717) is 18.8 Å². The Morgan fingerprint density at radius 3 is 2.60 bits per heavy atom. The molecule has 5 rings (SSSR count). The SMILES string of the molecule is COC1c2c(c(=O)[nH]c(=O)n2C2CC2)C(C)=C(F)C1N1CC(C(O)CO)C2(CC2)C1. The number of aromatic nitrogens is 2. The Hall–Kier alpha value is -1.81. The predicted octanol–water partition coefficient (Wildman–Crippen LogP) is 0.707. The van der Waals surface area contributed by atoms with Gasteiger partial charge >= 0.3 is 5.69 Å². The van der Waals surface area contributed by atoms with Crippen LogP contribution in [-0.4, -0.2) is 63.6 Å². The zero-order valence-electron chi connectivity index (χ0n) is 17.2. The summed E-state index contributed by atoms with van der Waals surface area (Å²) >= 11 is 0. The maximum Gasteiger partial charge on any atom is 0.328 e. The molecule has 8 nitrogen and oxygen atoms in total. The van der Waals surface area contributed by atoms with Gasteiger partial charge in [-0.15, -0.1) is 0 Å². The van der Waals surface area contributed by atoms with Crippen LogP contribution in [0, 0.1) is 11.3 Å². The lowest BCUT2D eigenvalue weighted by molar-refractivity contribution is 0.00955. The number of halogens is 1. The number of methoxy groups -OCH3 is 1. The van der Waals surface area contributed by atoms with Crippen molar-refractivity contribution in [1.29, 1.82) is 0 Å².